The second-order valence-corrected chi connectivity index (χ2v) is 6.86. The molecule has 3 heterocycles. The second-order valence-electron chi connectivity index (χ2n) is 6.86. The van der Waals surface area contributed by atoms with E-state index in [0.717, 1.165) is 5.52 Å². The molecule has 0 aliphatic rings. The molecular weight excluding hydrogens is 404 g/mol. The van der Waals surface area contributed by atoms with E-state index in [2.05, 4.69) is 30.6 Å². The fraction of sp³-hybridized carbons (Fsp3) is 0.0952. The number of pyridine rings is 1. The zero-order valence-electron chi connectivity index (χ0n) is 16.5. The minimum absolute atomic E-state index is 0.153. The standard InChI is InChI=1S/C21H15F2N7O/c1-11-17(31-12-3-6-16-15(9-12)28-29-30(16)2)7-4-13(19(11)23)26-21-20-14(24-10-25-21)5-8-18(22)27-20/h3-10H,1-2H3,(H,24,25,26). The molecule has 5 aromatic rings. The van der Waals surface area contributed by atoms with Gasteiger partial charge in [-0.1, -0.05) is 5.21 Å². The number of ether oxygens (including phenoxy) is 1. The number of anilines is 2. The molecule has 0 aliphatic carbocycles. The molecule has 0 atom stereocenters. The van der Waals surface area contributed by atoms with Crippen LogP contribution in [-0.2, 0) is 7.05 Å². The first-order valence-corrected chi connectivity index (χ1v) is 9.30. The monoisotopic (exact) mass is 419 g/mol. The van der Waals surface area contributed by atoms with Crippen LogP contribution >= 0.6 is 0 Å². The van der Waals surface area contributed by atoms with Gasteiger partial charge in [-0.15, -0.1) is 5.10 Å². The van der Waals surface area contributed by atoms with E-state index in [1.165, 1.54) is 24.5 Å². The predicted molar refractivity (Wildman–Crippen MR) is 110 cm³/mol. The molecule has 0 fully saturated rings. The normalized spacial score (nSPS) is 11.2. The highest BCUT2D eigenvalue weighted by molar-refractivity contribution is 5.86. The van der Waals surface area contributed by atoms with E-state index in [1.807, 2.05) is 6.07 Å². The molecule has 0 saturated carbocycles. The Kier molecular flexibility index (Phi) is 4.39. The maximum atomic E-state index is 15.1. The van der Waals surface area contributed by atoms with Gasteiger partial charge in [0.05, 0.1) is 16.7 Å². The van der Waals surface area contributed by atoms with Crippen molar-refractivity contribution in [1.29, 1.82) is 0 Å². The molecule has 0 radical (unpaired) electrons. The molecule has 0 spiro atoms. The van der Waals surface area contributed by atoms with E-state index < -0.39 is 11.8 Å². The molecule has 8 nitrogen and oxygen atoms in total. The zero-order chi connectivity index (χ0) is 21.5. The highest BCUT2D eigenvalue weighted by Crippen LogP contribution is 2.33. The summed E-state index contributed by atoms with van der Waals surface area (Å²) in [5.41, 5.74) is 2.62. The van der Waals surface area contributed by atoms with Crippen LogP contribution in [-0.4, -0.2) is 29.9 Å². The summed E-state index contributed by atoms with van der Waals surface area (Å²) in [6.45, 7) is 1.60. The lowest BCUT2D eigenvalue weighted by molar-refractivity contribution is 0.472. The first-order valence-electron chi connectivity index (χ1n) is 9.30. The van der Waals surface area contributed by atoms with Crippen LogP contribution in [0, 0.1) is 18.7 Å². The molecule has 0 bridgehead atoms. The number of hydrogen-bond donors (Lipinski definition) is 1. The number of nitrogens with one attached hydrogen (secondary N) is 1. The average molecular weight is 419 g/mol. The topological polar surface area (TPSA) is 90.6 Å². The quantitative estimate of drug-likeness (QED) is 0.431. The third-order valence-corrected chi connectivity index (χ3v) is 4.85. The fourth-order valence-electron chi connectivity index (χ4n) is 3.22. The van der Waals surface area contributed by atoms with Crippen LogP contribution in [0.1, 0.15) is 5.56 Å². The Bertz CT molecular complexity index is 1450. The van der Waals surface area contributed by atoms with Crippen molar-refractivity contribution in [3.05, 3.63) is 66.1 Å². The fourth-order valence-corrected chi connectivity index (χ4v) is 3.22. The summed E-state index contributed by atoms with van der Waals surface area (Å²) < 4.78 is 36.2. The van der Waals surface area contributed by atoms with Crippen molar-refractivity contribution in [1.82, 2.24) is 29.9 Å². The maximum absolute atomic E-state index is 15.1. The first-order chi connectivity index (χ1) is 15.0. The number of hydrogen-bond acceptors (Lipinski definition) is 7. The third-order valence-electron chi connectivity index (χ3n) is 4.85. The van der Waals surface area contributed by atoms with E-state index in [0.29, 0.717) is 28.1 Å². The maximum Gasteiger partial charge on any atom is 0.213 e. The summed E-state index contributed by atoms with van der Waals surface area (Å²) >= 11 is 0. The summed E-state index contributed by atoms with van der Waals surface area (Å²) in [4.78, 5) is 11.9. The lowest BCUT2D eigenvalue weighted by Crippen LogP contribution is -2.02. The van der Waals surface area contributed by atoms with Gasteiger partial charge < -0.3 is 10.1 Å². The number of rotatable bonds is 4. The van der Waals surface area contributed by atoms with Gasteiger partial charge >= 0.3 is 0 Å². The van der Waals surface area contributed by atoms with E-state index >= 15 is 4.39 Å². The summed E-state index contributed by atoms with van der Waals surface area (Å²) in [7, 11) is 1.80. The number of fused-ring (bicyclic) bond motifs is 2. The molecule has 5 rings (SSSR count). The SMILES string of the molecule is Cc1c(Oc2ccc3c(c2)nnn3C)ccc(Nc2ncnc3ccc(F)nc23)c1F. The second kappa shape index (κ2) is 7.24. The molecular formula is C21H15F2N7O. The summed E-state index contributed by atoms with van der Waals surface area (Å²) in [5.74, 6) is -0.141. The first kappa shape index (κ1) is 18.8. The van der Waals surface area contributed by atoms with Crippen LogP contribution < -0.4 is 10.1 Å². The van der Waals surface area contributed by atoms with Crippen LogP contribution in [0.3, 0.4) is 0 Å². The van der Waals surface area contributed by atoms with Gasteiger partial charge in [-0.05, 0) is 43.3 Å². The Labute approximate surface area is 174 Å². The van der Waals surface area contributed by atoms with Crippen LogP contribution in [0.5, 0.6) is 11.5 Å². The van der Waals surface area contributed by atoms with Gasteiger partial charge in [0.1, 0.15) is 28.9 Å². The van der Waals surface area contributed by atoms with Crippen molar-refractivity contribution in [2.24, 2.45) is 7.05 Å². The third kappa shape index (κ3) is 3.37. The molecule has 0 saturated heterocycles. The summed E-state index contributed by atoms with van der Waals surface area (Å²) in [6.07, 6.45) is 1.30. The van der Waals surface area contributed by atoms with Crippen LogP contribution in [0.15, 0.2) is 48.8 Å². The van der Waals surface area contributed by atoms with E-state index in [4.69, 9.17) is 4.74 Å². The lowest BCUT2D eigenvalue weighted by atomic mass is 10.1. The number of aromatic nitrogens is 6. The van der Waals surface area contributed by atoms with Crippen molar-refractivity contribution in [2.45, 2.75) is 6.92 Å². The molecule has 2 aromatic carbocycles. The van der Waals surface area contributed by atoms with Crippen LogP contribution in [0.2, 0.25) is 0 Å². The molecule has 0 unspecified atom stereocenters. The number of halogens is 2. The Morgan fingerprint density at radius 2 is 1.87 bits per heavy atom. The lowest BCUT2D eigenvalue weighted by Gasteiger charge is -2.14. The highest BCUT2D eigenvalue weighted by atomic mass is 19.1. The average Bonchev–Trinajstić information content (AvgIpc) is 3.14. The molecule has 0 amide bonds. The highest BCUT2D eigenvalue weighted by Gasteiger charge is 2.15. The van der Waals surface area contributed by atoms with E-state index in [9.17, 15) is 4.39 Å². The van der Waals surface area contributed by atoms with Gasteiger partial charge in [-0.3, -0.25) is 0 Å². The van der Waals surface area contributed by atoms with E-state index in [-0.39, 0.29) is 17.0 Å². The Balaban J connectivity index is 1.46. The van der Waals surface area contributed by atoms with Crippen molar-refractivity contribution in [3.8, 4) is 11.5 Å². The summed E-state index contributed by atoms with van der Waals surface area (Å²) in [6, 6.07) is 11.2. The largest absolute Gasteiger partial charge is 0.457 e. The van der Waals surface area contributed by atoms with Crippen molar-refractivity contribution >= 4 is 33.6 Å². The van der Waals surface area contributed by atoms with Gasteiger partial charge in [0, 0.05) is 18.7 Å². The van der Waals surface area contributed by atoms with Crippen LogP contribution in [0.4, 0.5) is 20.3 Å². The molecule has 1 N–H and O–H groups in total. The van der Waals surface area contributed by atoms with Crippen molar-refractivity contribution < 1.29 is 13.5 Å². The molecule has 0 aliphatic heterocycles. The van der Waals surface area contributed by atoms with Crippen molar-refractivity contribution in [2.75, 3.05) is 5.32 Å². The van der Waals surface area contributed by atoms with Crippen LogP contribution in [0.25, 0.3) is 22.1 Å². The predicted octanol–water partition coefficient (Wildman–Crippen LogP) is 4.43. The van der Waals surface area contributed by atoms with Gasteiger partial charge in [-0.25, -0.2) is 24.0 Å². The molecule has 154 valence electrons. The number of nitrogens with zero attached hydrogens (tertiary/aromatic N) is 6. The minimum atomic E-state index is -0.675. The Hall–Kier alpha value is -4.21. The summed E-state index contributed by atoms with van der Waals surface area (Å²) in [5, 5.41) is 10.9. The van der Waals surface area contributed by atoms with Gasteiger partial charge in [0.25, 0.3) is 0 Å². The van der Waals surface area contributed by atoms with Gasteiger partial charge in [-0.2, -0.15) is 4.39 Å². The van der Waals surface area contributed by atoms with Gasteiger partial charge in [0.15, 0.2) is 11.6 Å². The van der Waals surface area contributed by atoms with E-state index in [1.54, 1.807) is 36.9 Å². The molecule has 31 heavy (non-hydrogen) atoms. The smallest absolute Gasteiger partial charge is 0.213 e. The Morgan fingerprint density at radius 1 is 1.00 bits per heavy atom. The molecule has 10 heteroatoms. The molecule has 3 aromatic heterocycles. The Morgan fingerprint density at radius 3 is 2.74 bits per heavy atom. The van der Waals surface area contributed by atoms with Crippen molar-refractivity contribution in [3.63, 3.8) is 0 Å². The zero-order valence-corrected chi connectivity index (χ0v) is 16.5. The minimum Gasteiger partial charge on any atom is -0.457 e. The number of benzene rings is 2. The number of aryl methyl sites for hydroxylation is 1. The van der Waals surface area contributed by atoms with Gasteiger partial charge in [0.2, 0.25) is 5.95 Å².